The summed E-state index contributed by atoms with van der Waals surface area (Å²) in [7, 11) is 0. The SMILES string of the molecule is CCCCCCCCCCCCCCCC(=O)O[C@@H](CCCCCCCCCCC)C[C@@H]1OC(=O)[C@H]1CCCCCC. The second-order valence-corrected chi connectivity index (χ2v) is 13.4. The van der Waals surface area contributed by atoms with E-state index >= 15 is 0 Å². The molecular weight excluding hydrogens is 520 g/mol. The van der Waals surface area contributed by atoms with E-state index in [1.165, 1.54) is 141 Å². The lowest BCUT2D eigenvalue weighted by Gasteiger charge is -2.37. The van der Waals surface area contributed by atoms with Crippen LogP contribution in [0, 0.1) is 5.92 Å². The van der Waals surface area contributed by atoms with Crippen LogP contribution in [0.3, 0.4) is 0 Å². The van der Waals surface area contributed by atoms with E-state index in [1.54, 1.807) is 0 Å². The zero-order valence-corrected chi connectivity index (χ0v) is 28.6. The zero-order valence-electron chi connectivity index (χ0n) is 28.6. The largest absolute Gasteiger partial charge is 0.462 e. The summed E-state index contributed by atoms with van der Waals surface area (Å²) < 4.78 is 11.6. The molecule has 1 rings (SSSR count). The van der Waals surface area contributed by atoms with Crippen molar-refractivity contribution in [3.05, 3.63) is 0 Å². The molecule has 4 heteroatoms. The predicted molar refractivity (Wildman–Crippen MR) is 179 cm³/mol. The number of cyclic esters (lactones) is 1. The van der Waals surface area contributed by atoms with E-state index < -0.39 is 0 Å². The van der Waals surface area contributed by atoms with Crippen molar-refractivity contribution in [2.24, 2.45) is 5.92 Å². The third-order valence-corrected chi connectivity index (χ3v) is 9.30. The summed E-state index contributed by atoms with van der Waals surface area (Å²) in [4.78, 5) is 24.9. The summed E-state index contributed by atoms with van der Waals surface area (Å²) in [5, 5.41) is 0. The van der Waals surface area contributed by atoms with Gasteiger partial charge in [0.15, 0.2) is 0 Å². The summed E-state index contributed by atoms with van der Waals surface area (Å²) >= 11 is 0. The second kappa shape index (κ2) is 28.7. The molecule has 3 atom stereocenters. The van der Waals surface area contributed by atoms with Crippen LogP contribution < -0.4 is 0 Å². The topological polar surface area (TPSA) is 52.6 Å². The van der Waals surface area contributed by atoms with Gasteiger partial charge in [-0.05, 0) is 25.7 Å². The summed E-state index contributed by atoms with van der Waals surface area (Å²) in [6, 6.07) is 0. The van der Waals surface area contributed by atoms with Gasteiger partial charge in [0.2, 0.25) is 0 Å². The standard InChI is InChI=1S/C38H72O4/c1-4-7-10-13-15-17-18-19-20-22-24-26-29-32-37(39)41-34(30-27-25-23-21-16-14-11-8-5-2)33-36-35(38(40)42-36)31-28-12-9-6-3/h34-36H,4-33H2,1-3H3/t34-,35-,36-/m0/s1. The molecule has 1 aliphatic heterocycles. The van der Waals surface area contributed by atoms with Crippen molar-refractivity contribution in [2.45, 2.75) is 226 Å². The Balaban J connectivity index is 2.27. The van der Waals surface area contributed by atoms with Crippen molar-refractivity contribution in [1.29, 1.82) is 0 Å². The Kier molecular flexibility index (Phi) is 26.6. The molecule has 1 heterocycles. The van der Waals surface area contributed by atoms with Crippen LogP contribution in [0.15, 0.2) is 0 Å². The van der Waals surface area contributed by atoms with Crippen molar-refractivity contribution in [3.8, 4) is 0 Å². The lowest BCUT2D eigenvalue weighted by atomic mass is 9.86. The van der Waals surface area contributed by atoms with E-state index in [2.05, 4.69) is 20.8 Å². The second-order valence-electron chi connectivity index (χ2n) is 13.4. The maximum atomic E-state index is 12.8. The average molecular weight is 593 g/mol. The molecule has 42 heavy (non-hydrogen) atoms. The highest BCUT2D eigenvalue weighted by Crippen LogP contribution is 2.32. The first-order valence-electron chi connectivity index (χ1n) is 19.0. The molecule has 4 nitrogen and oxygen atoms in total. The lowest BCUT2D eigenvalue weighted by molar-refractivity contribution is -0.190. The van der Waals surface area contributed by atoms with Crippen molar-refractivity contribution < 1.29 is 19.1 Å². The minimum absolute atomic E-state index is 0.00670. The van der Waals surface area contributed by atoms with Crippen LogP contribution in [-0.2, 0) is 19.1 Å². The predicted octanol–water partition coefficient (Wildman–Crippen LogP) is 12.2. The summed E-state index contributed by atoms with van der Waals surface area (Å²) in [5.41, 5.74) is 0. The highest BCUT2D eigenvalue weighted by molar-refractivity contribution is 5.78. The maximum Gasteiger partial charge on any atom is 0.313 e. The Labute approximate surface area is 262 Å². The zero-order chi connectivity index (χ0) is 30.5. The molecule has 0 amide bonds. The van der Waals surface area contributed by atoms with Gasteiger partial charge >= 0.3 is 11.9 Å². The van der Waals surface area contributed by atoms with Gasteiger partial charge < -0.3 is 9.47 Å². The summed E-state index contributed by atoms with van der Waals surface area (Å²) in [6.45, 7) is 6.76. The molecule has 0 aliphatic carbocycles. The fraction of sp³-hybridized carbons (Fsp3) is 0.947. The fourth-order valence-corrected chi connectivity index (χ4v) is 6.40. The number of hydrogen-bond acceptors (Lipinski definition) is 4. The smallest absolute Gasteiger partial charge is 0.313 e. The Morgan fingerprint density at radius 1 is 0.595 bits per heavy atom. The first-order chi connectivity index (χ1) is 20.6. The summed E-state index contributed by atoms with van der Waals surface area (Å²) in [6.07, 6.45) is 36.2. The molecule has 248 valence electrons. The van der Waals surface area contributed by atoms with Gasteiger partial charge in [0.1, 0.15) is 12.2 Å². The number of esters is 2. The van der Waals surface area contributed by atoms with Crippen molar-refractivity contribution in [2.75, 3.05) is 0 Å². The van der Waals surface area contributed by atoms with Crippen molar-refractivity contribution >= 4 is 11.9 Å². The molecule has 0 unspecified atom stereocenters. The van der Waals surface area contributed by atoms with Gasteiger partial charge in [-0.25, -0.2) is 0 Å². The fourth-order valence-electron chi connectivity index (χ4n) is 6.40. The average Bonchev–Trinajstić information content (AvgIpc) is 2.98. The molecule has 0 spiro atoms. The Bertz CT molecular complexity index is 618. The molecule has 0 saturated carbocycles. The normalized spacial score (nSPS) is 17.2. The summed E-state index contributed by atoms with van der Waals surface area (Å²) in [5.74, 6) is -0.0898. The van der Waals surface area contributed by atoms with Gasteiger partial charge in [-0.15, -0.1) is 0 Å². The van der Waals surface area contributed by atoms with E-state index in [9.17, 15) is 9.59 Å². The molecule has 0 aromatic rings. The first-order valence-corrected chi connectivity index (χ1v) is 19.0. The Morgan fingerprint density at radius 2 is 1.00 bits per heavy atom. The molecule has 0 bridgehead atoms. The van der Waals surface area contributed by atoms with E-state index in [0.717, 1.165) is 38.5 Å². The minimum Gasteiger partial charge on any atom is -0.462 e. The van der Waals surface area contributed by atoms with Gasteiger partial charge in [-0.1, -0.05) is 175 Å². The van der Waals surface area contributed by atoms with Gasteiger partial charge in [-0.2, -0.15) is 0 Å². The van der Waals surface area contributed by atoms with Crippen LogP contribution in [0.2, 0.25) is 0 Å². The maximum absolute atomic E-state index is 12.8. The molecule has 1 aliphatic rings. The third kappa shape index (κ3) is 21.6. The van der Waals surface area contributed by atoms with Crippen LogP contribution in [0.25, 0.3) is 0 Å². The van der Waals surface area contributed by atoms with Crippen LogP contribution >= 0.6 is 0 Å². The number of unbranched alkanes of at least 4 members (excludes halogenated alkanes) is 23. The van der Waals surface area contributed by atoms with E-state index in [-0.39, 0.29) is 30.1 Å². The van der Waals surface area contributed by atoms with Crippen molar-refractivity contribution in [1.82, 2.24) is 0 Å². The monoisotopic (exact) mass is 593 g/mol. The Hall–Kier alpha value is -1.06. The van der Waals surface area contributed by atoms with E-state index in [1.807, 2.05) is 0 Å². The van der Waals surface area contributed by atoms with Crippen LogP contribution in [0.5, 0.6) is 0 Å². The molecule has 1 fully saturated rings. The Morgan fingerprint density at radius 3 is 1.45 bits per heavy atom. The number of rotatable bonds is 32. The number of hydrogen-bond donors (Lipinski definition) is 0. The van der Waals surface area contributed by atoms with Crippen LogP contribution in [0.1, 0.15) is 213 Å². The van der Waals surface area contributed by atoms with Crippen LogP contribution in [-0.4, -0.2) is 24.1 Å². The third-order valence-electron chi connectivity index (χ3n) is 9.30. The van der Waals surface area contributed by atoms with Crippen LogP contribution in [0.4, 0.5) is 0 Å². The number of carbonyl (C=O) groups excluding carboxylic acids is 2. The van der Waals surface area contributed by atoms with E-state index in [0.29, 0.717) is 12.8 Å². The van der Waals surface area contributed by atoms with Gasteiger partial charge in [0, 0.05) is 12.8 Å². The highest BCUT2D eigenvalue weighted by atomic mass is 16.6. The lowest BCUT2D eigenvalue weighted by Crippen LogP contribution is -2.47. The molecule has 0 aromatic heterocycles. The minimum atomic E-state index is -0.111. The number of ether oxygens (including phenoxy) is 2. The molecule has 0 N–H and O–H groups in total. The van der Waals surface area contributed by atoms with E-state index in [4.69, 9.17) is 9.47 Å². The molecular formula is C38H72O4. The quantitative estimate of drug-likeness (QED) is 0.0576. The van der Waals surface area contributed by atoms with Gasteiger partial charge in [0.05, 0.1) is 5.92 Å². The molecule has 0 aromatic carbocycles. The first kappa shape index (κ1) is 39.0. The van der Waals surface area contributed by atoms with Crippen molar-refractivity contribution in [3.63, 3.8) is 0 Å². The van der Waals surface area contributed by atoms with Gasteiger partial charge in [-0.3, -0.25) is 9.59 Å². The molecule has 0 radical (unpaired) electrons. The van der Waals surface area contributed by atoms with Gasteiger partial charge in [0.25, 0.3) is 0 Å². The molecule has 1 saturated heterocycles. The number of carbonyl (C=O) groups is 2. The highest BCUT2D eigenvalue weighted by Gasteiger charge is 2.43.